The van der Waals surface area contributed by atoms with E-state index in [0.717, 1.165) is 12.8 Å². The Labute approximate surface area is 134 Å². The summed E-state index contributed by atoms with van der Waals surface area (Å²) in [7, 11) is 1.31. The zero-order chi connectivity index (χ0) is 16.7. The topological polar surface area (TPSA) is 88.4 Å². The van der Waals surface area contributed by atoms with Crippen molar-refractivity contribution in [3.8, 4) is 6.07 Å². The lowest BCUT2D eigenvalue weighted by atomic mass is 10.1. The van der Waals surface area contributed by atoms with Gasteiger partial charge in [0.15, 0.2) is 0 Å². The lowest BCUT2D eigenvalue weighted by Crippen LogP contribution is -2.32. The van der Waals surface area contributed by atoms with Gasteiger partial charge in [-0.05, 0) is 36.6 Å². The van der Waals surface area contributed by atoms with E-state index in [2.05, 4.69) is 10.1 Å². The molecule has 1 N–H and O–H groups in total. The van der Waals surface area contributed by atoms with Crippen LogP contribution in [0.3, 0.4) is 0 Å². The van der Waals surface area contributed by atoms with Crippen LogP contribution in [-0.4, -0.2) is 38.2 Å². The van der Waals surface area contributed by atoms with E-state index in [4.69, 9.17) is 10.00 Å². The fourth-order valence-corrected chi connectivity index (χ4v) is 2.26. The van der Waals surface area contributed by atoms with E-state index in [9.17, 15) is 9.59 Å². The van der Waals surface area contributed by atoms with Crippen LogP contribution in [0.4, 0.5) is 0 Å². The van der Waals surface area contributed by atoms with Crippen LogP contribution in [0.2, 0.25) is 0 Å². The lowest BCUT2D eigenvalue weighted by Gasteiger charge is -2.10. The molecule has 120 valence electrons. The summed E-state index contributed by atoms with van der Waals surface area (Å²) in [6.07, 6.45) is 3.42. The van der Waals surface area contributed by atoms with Crippen LogP contribution in [-0.2, 0) is 14.3 Å². The molecule has 6 heteroatoms. The third-order valence-corrected chi connectivity index (χ3v) is 3.52. The molecule has 1 heterocycles. The molecule has 1 saturated heterocycles. The number of rotatable bonds is 5. The number of hydrogen-bond acceptors (Lipinski definition) is 5. The van der Waals surface area contributed by atoms with Crippen LogP contribution in [0.1, 0.15) is 28.8 Å². The van der Waals surface area contributed by atoms with Gasteiger partial charge in [0.2, 0.25) is 0 Å². The molecule has 6 nitrogen and oxygen atoms in total. The summed E-state index contributed by atoms with van der Waals surface area (Å²) < 4.78 is 10.0. The number of methoxy groups -OCH3 is 1. The quantitative estimate of drug-likeness (QED) is 0.507. The third kappa shape index (κ3) is 4.66. The molecule has 1 unspecified atom stereocenters. The highest BCUT2D eigenvalue weighted by atomic mass is 16.5. The predicted molar refractivity (Wildman–Crippen MR) is 83.4 cm³/mol. The molecule has 0 radical (unpaired) electrons. The first kappa shape index (κ1) is 16.7. The number of esters is 1. The second-order valence-electron chi connectivity index (χ2n) is 5.13. The Balaban J connectivity index is 2.01. The predicted octanol–water partition coefficient (Wildman–Crippen LogP) is 1.68. The number of hydrogen-bond donors (Lipinski definition) is 1. The number of nitrogens with zero attached hydrogens (tertiary/aromatic N) is 1. The van der Waals surface area contributed by atoms with Crippen LogP contribution in [0, 0.1) is 11.3 Å². The Hall–Kier alpha value is -2.65. The largest absolute Gasteiger partial charge is 0.465 e. The molecule has 2 rings (SSSR count). The number of carbonyl (C=O) groups excluding carboxylic acids is 2. The van der Waals surface area contributed by atoms with Crippen LogP contribution in [0.15, 0.2) is 29.8 Å². The Morgan fingerprint density at radius 1 is 1.43 bits per heavy atom. The van der Waals surface area contributed by atoms with Gasteiger partial charge in [-0.1, -0.05) is 12.1 Å². The van der Waals surface area contributed by atoms with Gasteiger partial charge >= 0.3 is 5.97 Å². The molecule has 1 aromatic carbocycles. The van der Waals surface area contributed by atoms with E-state index in [0.29, 0.717) is 24.3 Å². The van der Waals surface area contributed by atoms with Crippen LogP contribution in [0.5, 0.6) is 0 Å². The number of ether oxygens (including phenoxy) is 2. The van der Waals surface area contributed by atoms with E-state index in [1.807, 2.05) is 6.07 Å². The van der Waals surface area contributed by atoms with Crippen molar-refractivity contribution in [2.75, 3.05) is 20.3 Å². The fourth-order valence-electron chi connectivity index (χ4n) is 2.26. The van der Waals surface area contributed by atoms with Gasteiger partial charge in [-0.15, -0.1) is 0 Å². The number of benzene rings is 1. The van der Waals surface area contributed by atoms with Gasteiger partial charge in [0.25, 0.3) is 5.91 Å². The van der Waals surface area contributed by atoms with E-state index in [1.54, 1.807) is 24.3 Å². The molecule has 0 aliphatic carbocycles. The van der Waals surface area contributed by atoms with Crippen LogP contribution in [0.25, 0.3) is 6.08 Å². The summed E-state index contributed by atoms with van der Waals surface area (Å²) in [6.45, 7) is 1.12. The molecule has 0 aromatic heterocycles. The first-order valence-corrected chi connectivity index (χ1v) is 7.34. The highest BCUT2D eigenvalue weighted by Gasteiger charge is 2.17. The standard InChI is InChI=1S/C17H18N2O4/c1-22-17(21)13-6-4-12(5-7-13)9-14(10-18)16(20)19-11-15-3-2-8-23-15/h4-7,9,15H,2-3,8,11H2,1H3,(H,19,20). The number of nitrogens with one attached hydrogen (secondary N) is 1. The van der Waals surface area contributed by atoms with E-state index < -0.39 is 11.9 Å². The summed E-state index contributed by atoms with van der Waals surface area (Å²) in [5.41, 5.74) is 1.07. The minimum atomic E-state index is -0.435. The Bertz CT molecular complexity index is 638. The third-order valence-electron chi connectivity index (χ3n) is 3.52. The average Bonchev–Trinajstić information content (AvgIpc) is 3.11. The molecule has 0 spiro atoms. The summed E-state index contributed by atoms with van der Waals surface area (Å²) in [6, 6.07) is 8.35. The zero-order valence-corrected chi connectivity index (χ0v) is 12.9. The van der Waals surface area contributed by atoms with Crippen molar-refractivity contribution >= 4 is 18.0 Å². The highest BCUT2D eigenvalue weighted by molar-refractivity contribution is 6.01. The van der Waals surface area contributed by atoms with Crippen LogP contribution >= 0.6 is 0 Å². The first-order valence-electron chi connectivity index (χ1n) is 7.34. The minimum Gasteiger partial charge on any atom is -0.465 e. The molecule has 0 saturated carbocycles. The van der Waals surface area contributed by atoms with E-state index >= 15 is 0 Å². The Kier molecular flexibility index (Phi) is 5.89. The van der Waals surface area contributed by atoms with Crippen molar-refractivity contribution in [3.63, 3.8) is 0 Å². The van der Waals surface area contributed by atoms with Crippen molar-refractivity contribution in [3.05, 3.63) is 41.0 Å². The maximum atomic E-state index is 12.0. The van der Waals surface area contributed by atoms with Crippen molar-refractivity contribution in [2.45, 2.75) is 18.9 Å². The summed E-state index contributed by atoms with van der Waals surface area (Å²) >= 11 is 0. The fraction of sp³-hybridized carbons (Fsp3) is 0.353. The van der Waals surface area contributed by atoms with Gasteiger partial charge in [-0.2, -0.15) is 5.26 Å². The lowest BCUT2D eigenvalue weighted by molar-refractivity contribution is -0.117. The monoisotopic (exact) mass is 314 g/mol. The van der Waals surface area contributed by atoms with Gasteiger partial charge in [0, 0.05) is 13.2 Å². The van der Waals surface area contributed by atoms with E-state index in [1.165, 1.54) is 13.2 Å². The van der Waals surface area contributed by atoms with Crippen LogP contribution < -0.4 is 5.32 Å². The SMILES string of the molecule is COC(=O)c1ccc(C=C(C#N)C(=O)NCC2CCCO2)cc1. The zero-order valence-electron chi connectivity index (χ0n) is 12.9. The molecule has 1 amide bonds. The maximum absolute atomic E-state index is 12.0. The van der Waals surface area contributed by atoms with Crippen molar-refractivity contribution in [1.82, 2.24) is 5.32 Å². The van der Waals surface area contributed by atoms with Crippen molar-refractivity contribution < 1.29 is 19.1 Å². The molecule has 1 aliphatic rings. The van der Waals surface area contributed by atoms with Gasteiger partial charge in [0.05, 0.1) is 18.8 Å². The molecule has 1 aliphatic heterocycles. The second-order valence-corrected chi connectivity index (χ2v) is 5.13. The molecule has 1 atom stereocenters. The maximum Gasteiger partial charge on any atom is 0.337 e. The molecular weight excluding hydrogens is 296 g/mol. The van der Waals surface area contributed by atoms with Crippen molar-refractivity contribution in [1.29, 1.82) is 5.26 Å². The Morgan fingerprint density at radius 3 is 2.74 bits per heavy atom. The summed E-state index contributed by atoms with van der Waals surface area (Å²) in [5.74, 6) is -0.865. The number of amides is 1. The highest BCUT2D eigenvalue weighted by Crippen LogP contribution is 2.12. The molecule has 1 aromatic rings. The average molecular weight is 314 g/mol. The van der Waals surface area contributed by atoms with Gasteiger partial charge in [0.1, 0.15) is 11.6 Å². The first-order chi connectivity index (χ1) is 11.1. The van der Waals surface area contributed by atoms with Gasteiger partial charge < -0.3 is 14.8 Å². The number of carbonyl (C=O) groups is 2. The molecular formula is C17H18N2O4. The molecule has 1 fully saturated rings. The summed E-state index contributed by atoms with van der Waals surface area (Å²) in [5, 5.41) is 11.9. The van der Waals surface area contributed by atoms with E-state index in [-0.39, 0.29) is 11.7 Å². The summed E-state index contributed by atoms with van der Waals surface area (Å²) in [4.78, 5) is 23.4. The van der Waals surface area contributed by atoms with Gasteiger partial charge in [-0.3, -0.25) is 4.79 Å². The normalized spacial score (nSPS) is 17.4. The number of nitriles is 1. The van der Waals surface area contributed by atoms with Gasteiger partial charge in [-0.25, -0.2) is 4.79 Å². The second kappa shape index (κ2) is 8.11. The minimum absolute atomic E-state index is 0.00816. The smallest absolute Gasteiger partial charge is 0.337 e. The molecule has 0 bridgehead atoms. The van der Waals surface area contributed by atoms with Crippen molar-refractivity contribution in [2.24, 2.45) is 0 Å². The Morgan fingerprint density at radius 2 is 2.17 bits per heavy atom. The molecule has 23 heavy (non-hydrogen) atoms.